The Hall–Kier alpha value is -1.80. The second-order valence-electron chi connectivity index (χ2n) is 16.9. The number of aryl methyl sites for hydroxylation is 1. The van der Waals surface area contributed by atoms with Crippen molar-refractivity contribution in [3.05, 3.63) is 47.5 Å². The molecule has 0 heterocycles. The first-order valence-electron chi connectivity index (χ1n) is 19.1. The summed E-state index contributed by atoms with van der Waals surface area (Å²) in [6.07, 6.45) is 14.2. The highest BCUT2D eigenvalue weighted by Gasteiger charge is 2.48. The first-order chi connectivity index (χ1) is 22.5. The van der Waals surface area contributed by atoms with Gasteiger partial charge in [0.2, 0.25) is 0 Å². The smallest absolute Gasteiger partial charge is 0.305 e. The summed E-state index contributed by atoms with van der Waals surface area (Å²) in [6, 6.07) is 11.3. The van der Waals surface area contributed by atoms with Crippen molar-refractivity contribution >= 4 is 20.1 Å². The fraction of sp³-hybridized carbons (Fsp3) is 0.756. The third kappa shape index (κ3) is 15.0. The number of esters is 1. The Morgan fingerprint density at radius 1 is 1.04 bits per heavy atom. The zero-order valence-electron chi connectivity index (χ0n) is 32.5. The molecule has 0 aliphatic heterocycles. The van der Waals surface area contributed by atoms with E-state index in [9.17, 15) is 14.7 Å². The third-order valence-corrected chi connectivity index (χ3v) is 15.8. The number of Topliss-reactive ketones (excluding diaryl/α,β-unsaturated/α-hetero) is 1. The Labute approximate surface area is 295 Å². The Morgan fingerprint density at radius 3 is 2.27 bits per heavy atom. The van der Waals surface area contributed by atoms with E-state index in [4.69, 9.17) is 9.16 Å². The number of methoxy groups -OCH3 is 1. The number of hydrogen-bond acceptors (Lipinski definition) is 5. The number of quaternary nitrogens is 1. The number of hydrogen-bond donors (Lipinski definition) is 1. The van der Waals surface area contributed by atoms with Gasteiger partial charge in [-0.2, -0.15) is 0 Å². The van der Waals surface area contributed by atoms with Crippen LogP contribution in [0.15, 0.2) is 36.4 Å². The third-order valence-electron chi connectivity index (χ3n) is 10.3. The minimum absolute atomic E-state index is 0.0298. The minimum atomic E-state index is -2.28. The van der Waals surface area contributed by atoms with Gasteiger partial charge < -0.3 is 18.8 Å². The normalized spacial score (nSPS) is 21.3. The molecule has 7 heteroatoms. The standard InChI is InChI=1S/C41H72NO5Si/c1-11-12-26-41(6,45)27-17-19-37-36(18-15-13-14-16-20-40(44)46-10)38(43)29-39(37)47-48(33(4)5,31-32(2)3)28-25-34-21-23-35(24-22-34)30-42(7,8)9/h17,19,21-24,32-33,36-37,39,45H,11-16,18,20,25-31H2,1-10H3/q+1/b19-17+/t36-,37-,39-,41?,48?/m1/s1. The van der Waals surface area contributed by atoms with Crippen LogP contribution in [-0.4, -0.2) is 69.6 Å². The van der Waals surface area contributed by atoms with E-state index in [1.807, 2.05) is 6.92 Å². The molecule has 0 spiro atoms. The lowest BCUT2D eigenvalue weighted by atomic mass is 9.87. The van der Waals surface area contributed by atoms with E-state index in [0.29, 0.717) is 36.5 Å². The number of carbonyl (C=O) groups is 2. The van der Waals surface area contributed by atoms with Crippen LogP contribution in [0.25, 0.3) is 0 Å². The summed E-state index contributed by atoms with van der Waals surface area (Å²) in [4.78, 5) is 25.2. The molecular formula is C41H72NO5Si+. The van der Waals surface area contributed by atoms with Crippen molar-refractivity contribution in [2.24, 2.45) is 17.8 Å². The number of unbranched alkanes of at least 4 members (excludes halogenated alkanes) is 4. The molecule has 2 unspecified atom stereocenters. The number of benzene rings is 1. The second kappa shape index (κ2) is 20.1. The Morgan fingerprint density at radius 2 is 1.69 bits per heavy atom. The predicted molar refractivity (Wildman–Crippen MR) is 202 cm³/mol. The Balaban J connectivity index is 2.28. The summed E-state index contributed by atoms with van der Waals surface area (Å²) in [5.74, 6) is 0.663. The van der Waals surface area contributed by atoms with Crippen LogP contribution in [0.2, 0.25) is 17.6 Å². The van der Waals surface area contributed by atoms with Gasteiger partial charge in [0.15, 0.2) is 8.32 Å². The van der Waals surface area contributed by atoms with Crippen LogP contribution in [0.5, 0.6) is 0 Å². The molecule has 0 amide bonds. The predicted octanol–water partition coefficient (Wildman–Crippen LogP) is 9.44. The lowest BCUT2D eigenvalue weighted by Gasteiger charge is -2.40. The van der Waals surface area contributed by atoms with Crippen molar-refractivity contribution in [1.29, 1.82) is 0 Å². The van der Waals surface area contributed by atoms with Crippen molar-refractivity contribution in [2.45, 2.75) is 154 Å². The molecule has 1 aliphatic carbocycles. The van der Waals surface area contributed by atoms with Crippen LogP contribution in [0.1, 0.15) is 123 Å². The van der Waals surface area contributed by atoms with E-state index >= 15 is 0 Å². The van der Waals surface area contributed by atoms with E-state index in [2.05, 4.69) is 92.2 Å². The van der Waals surface area contributed by atoms with Gasteiger partial charge in [0.05, 0.1) is 40.0 Å². The molecule has 0 bridgehead atoms. The second-order valence-corrected chi connectivity index (χ2v) is 21.3. The number of carbonyl (C=O) groups excluding carboxylic acids is 2. The molecule has 6 nitrogen and oxygen atoms in total. The van der Waals surface area contributed by atoms with Crippen LogP contribution in [-0.2, 0) is 31.7 Å². The molecule has 0 saturated heterocycles. The van der Waals surface area contributed by atoms with Crippen molar-refractivity contribution in [1.82, 2.24) is 0 Å². The topological polar surface area (TPSA) is 72.8 Å². The summed E-state index contributed by atoms with van der Waals surface area (Å²) >= 11 is 0. The minimum Gasteiger partial charge on any atom is -0.469 e. The summed E-state index contributed by atoms with van der Waals surface area (Å²) in [5, 5.41) is 11.0. The van der Waals surface area contributed by atoms with Crippen molar-refractivity contribution in [2.75, 3.05) is 28.3 Å². The van der Waals surface area contributed by atoms with Crippen LogP contribution in [0.4, 0.5) is 0 Å². The average Bonchev–Trinajstić information content (AvgIpc) is 3.28. The SMILES string of the molecule is CCCCC(C)(O)C/C=C/[C@H]1[C@H](O[Si](CCc2ccc(C[N+](C)(C)C)cc2)(CC(C)C)C(C)C)CC(=O)[C@@H]1CCCCCCC(=O)OC. The molecule has 274 valence electrons. The highest BCUT2D eigenvalue weighted by atomic mass is 28.4. The van der Waals surface area contributed by atoms with Crippen LogP contribution in [0, 0.1) is 17.8 Å². The molecule has 2 rings (SSSR count). The number of rotatable bonds is 23. The van der Waals surface area contributed by atoms with Gasteiger partial charge in [-0.1, -0.05) is 103 Å². The summed E-state index contributed by atoms with van der Waals surface area (Å²) in [7, 11) is 5.84. The molecule has 48 heavy (non-hydrogen) atoms. The molecule has 1 fully saturated rings. The molecule has 1 aliphatic rings. The number of nitrogens with zero attached hydrogens (tertiary/aromatic N) is 1. The number of ether oxygens (including phenoxy) is 1. The number of aliphatic hydroxyl groups is 1. The van der Waals surface area contributed by atoms with Gasteiger partial charge in [-0.3, -0.25) is 9.59 Å². The molecule has 0 aromatic heterocycles. The summed E-state index contributed by atoms with van der Waals surface area (Å²) in [5.41, 5.74) is 2.42. The fourth-order valence-electron chi connectivity index (χ4n) is 7.50. The molecular weight excluding hydrogens is 615 g/mol. The van der Waals surface area contributed by atoms with Gasteiger partial charge in [0.1, 0.15) is 12.3 Å². The molecule has 1 saturated carbocycles. The van der Waals surface area contributed by atoms with Gasteiger partial charge in [0.25, 0.3) is 0 Å². The molecule has 1 aromatic carbocycles. The Kier molecular flexibility index (Phi) is 17.8. The van der Waals surface area contributed by atoms with Gasteiger partial charge >= 0.3 is 5.97 Å². The fourth-order valence-corrected chi connectivity index (χ4v) is 12.2. The maximum absolute atomic E-state index is 13.7. The van der Waals surface area contributed by atoms with Crippen LogP contribution in [0.3, 0.4) is 0 Å². The van der Waals surface area contributed by atoms with Gasteiger partial charge in [0, 0.05) is 30.2 Å². The molecule has 1 aromatic rings. The van der Waals surface area contributed by atoms with E-state index < -0.39 is 13.9 Å². The zero-order valence-corrected chi connectivity index (χ0v) is 33.5. The van der Waals surface area contributed by atoms with Gasteiger partial charge in [-0.15, -0.1) is 0 Å². The van der Waals surface area contributed by atoms with E-state index in [-0.39, 0.29) is 23.9 Å². The average molecular weight is 687 g/mol. The number of ketones is 1. The van der Waals surface area contributed by atoms with E-state index in [1.165, 1.54) is 18.2 Å². The lowest BCUT2D eigenvalue weighted by Crippen LogP contribution is -2.47. The first-order valence-corrected chi connectivity index (χ1v) is 21.5. The van der Waals surface area contributed by atoms with Gasteiger partial charge in [-0.25, -0.2) is 0 Å². The molecule has 0 radical (unpaired) electrons. The van der Waals surface area contributed by atoms with Crippen molar-refractivity contribution in [3.8, 4) is 0 Å². The van der Waals surface area contributed by atoms with Crippen LogP contribution >= 0.6 is 0 Å². The summed E-state index contributed by atoms with van der Waals surface area (Å²) < 4.78 is 13.2. The largest absolute Gasteiger partial charge is 0.469 e. The maximum atomic E-state index is 13.7. The first kappa shape index (κ1) is 42.4. The van der Waals surface area contributed by atoms with Gasteiger partial charge in [-0.05, 0) is 68.1 Å². The molecule has 5 atom stereocenters. The van der Waals surface area contributed by atoms with Crippen molar-refractivity contribution < 1.29 is 28.3 Å². The quantitative estimate of drug-likeness (QED) is 0.0408. The lowest BCUT2D eigenvalue weighted by molar-refractivity contribution is -0.884. The Bertz CT molecular complexity index is 1120. The highest BCUT2D eigenvalue weighted by molar-refractivity contribution is 6.75. The van der Waals surface area contributed by atoms with Crippen LogP contribution < -0.4 is 0 Å². The van der Waals surface area contributed by atoms with Crippen molar-refractivity contribution in [3.63, 3.8) is 0 Å². The van der Waals surface area contributed by atoms with E-state index in [0.717, 1.165) is 80.9 Å². The zero-order chi connectivity index (χ0) is 36.0. The summed E-state index contributed by atoms with van der Waals surface area (Å²) in [6.45, 7) is 14.4. The maximum Gasteiger partial charge on any atom is 0.305 e. The highest BCUT2D eigenvalue weighted by Crippen LogP contribution is 2.43. The monoisotopic (exact) mass is 687 g/mol. The molecule has 1 N–H and O–H groups in total. The van der Waals surface area contributed by atoms with E-state index in [1.54, 1.807) is 0 Å².